The minimum absolute atomic E-state index is 0.125. The second kappa shape index (κ2) is 7.47. The van der Waals surface area contributed by atoms with Crippen molar-refractivity contribution in [1.82, 2.24) is 20.5 Å². The molecule has 2 N–H and O–H groups in total. The fourth-order valence-corrected chi connectivity index (χ4v) is 4.36. The molecule has 3 unspecified atom stereocenters. The van der Waals surface area contributed by atoms with E-state index in [9.17, 15) is 18.4 Å². The quantitative estimate of drug-likeness (QED) is 0.540. The summed E-state index contributed by atoms with van der Waals surface area (Å²) in [7, 11) is 0. The Morgan fingerprint density at radius 3 is 2.62 bits per heavy atom. The van der Waals surface area contributed by atoms with E-state index in [2.05, 4.69) is 15.6 Å². The topological polar surface area (TPSA) is 124 Å². The summed E-state index contributed by atoms with van der Waals surface area (Å²) in [4.78, 5) is 29.3. The molecule has 26 heavy (non-hydrogen) atoms. The molecular weight excluding hydrogens is 384 g/mol. The number of pyridine rings is 1. The van der Waals surface area contributed by atoms with Crippen LogP contribution in [0.1, 0.15) is 19.8 Å². The minimum atomic E-state index is -2.58. The number of urea groups is 1. The Labute approximate surface area is 157 Å². The van der Waals surface area contributed by atoms with Crippen molar-refractivity contribution in [2.45, 2.75) is 36.8 Å². The molecular formula is C15H18ClN4O5S-. The average Bonchev–Trinajstić information content (AvgIpc) is 2.83. The highest BCUT2D eigenvalue weighted by Crippen LogP contribution is 2.27. The lowest BCUT2D eigenvalue weighted by molar-refractivity contribution is -0.125. The predicted octanol–water partition coefficient (Wildman–Crippen LogP) is 0.382. The highest BCUT2D eigenvalue weighted by molar-refractivity contribution is 7.79. The van der Waals surface area contributed by atoms with E-state index in [-0.39, 0.29) is 6.10 Å². The summed E-state index contributed by atoms with van der Waals surface area (Å²) in [5.74, 6) is -0.202. The van der Waals surface area contributed by atoms with Crippen LogP contribution in [-0.2, 0) is 15.9 Å². The molecule has 0 aliphatic carbocycles. The first-order chi connectivity index (χ1) is 12.3. The third-order valence-electron chi connectivity index (χ3n) is 4.54. The van der Waals surface area contributed by atoms with Crippen molar-refractivity contribution in [2.24, 2.45) is 0 Å². The molecule has 2 aliphatic rings. The SMILES string of the molecule is CC1(C(N2CCC(Oc3ccc(Cl)cn3)CC2)S(=O)[O-])NC(=O)NC1=O. The Bertz CT molecular complexity index is 725. The van der Waals surface area contributed by atoms with Gasteiger partial charge in [-0.05, 0) is 36.9 Å². The predicted molar refractivity (Wildman–Crippen MR) is 92.3 cm³/mol. The normalized spacial score (nSPS) is 26.9. The molecule has 2 aliphatic heterocycles. The zero-order valence-electron chi connectivity index (χ0n) is 13.9. The van der Waals surface area contributed by atoms with E-state index in [4.69, 9.17) is 16.3 Å². The van der Waals surface area contributed by atoms with Gasteiger partial charge >= 0.3 is 6.03 Å². The smallest absolute Gasteiger partial charge is 0.322 e. The molecule has 11 heteroatoms. The molecule has 0 bridgehead atoms. The van der Waals surface area contributed by atoms with Gasteiger partial charge in [0.1, 0.15) is 17.0 Å². The molecule has 1 aromatic rings. The van der Waals surface area contributed by atoms with Crippen molar-refractivity contribution in [3.05, 3.63) is 23.4 Å². The van der Waals surface area contributed by atoms with Crippen LogP contribution >= 0.6 is 11.6 Å². The zero-order chi connectivity index (χ0) is 18.9. The molecule has 0 spiro atoms. The van der Waals surface area contributed by atoms with Crippen LogP contribution < -0.4 is 15.4 Å². The average molecular weight is 402 g/mol. The number of nitrogens with one attached hydrogen (secondary N) is 2. The lowest BCUT2D eigenvalue weighted by atomic mass is 9.99. The minimum Gasteiger partial charge on any atom is -0.771 e. The number of halogens is 1. The Hall–Kier alpha value is -1.75. The number of carbonyl (C=O) groups is 2. The van der Waals surface area contributed by atoms with E-state index >= 15 is 0 Å². The highest BCUT2D eigenvalue weighted by atomic mass is 35.5. The van der Waals surface area contributed by atoms with Gasteiger partial charge in [-0.25, -0.2) is 9.78 Å². The number of hydrogen-bond donors (Lipinski definition) is 2. The van der Waals surface area contributed by atoms with Crippen molar-refractivity contribution < 1.29 is 23.1 Å². The van der Waals surface area contributed by atoms with Gasteiger partial charge in [-0.2, -0.15) is 0 Å². The van der Waals surface area contributed by atoms with Crippen molar-refractivity contribution >= 4 is 34.6 Å². The molecule has 3 rings (SSSR count). The number of likely N-dealkylation sites (tertiary alicyclic amines) is 1. The van der Waals surface area contributed by atoms with Gasteiger partial charge in [0.15, 0.2) is 0 Å². The molecule has 3 atom stereocenters. The fraction of sp³-hybridized carbons (Fsp3) is 0.533. The van der Waals surface area contributed by atoms with E-state index < -0.39 is 33.9 Å². The first-order valence-electron chi connectivity index (χ1n) is 8.03. The van der Waals surface area contributed by atoms with Crippen LogP contribution in [0.4, 0.5) is 4.79 Å². The number of carbonyl (C=O) groups excluding carboxylic acids is 2. The maximum absolute atomic E-state index is 12.1. The number of nitrogens with zero attached hydrogens (tertiary/aromatic N) is 2. The van der Waals surface area contributed by atoms with Crippen LogP contribution in [0, 0.1) is 0 Å². The molecule has 3 heterocycles. The van der Waals surface area contributed by atoms with Crippen molar-refractivity contribution in [1.29, 1.82) is 0 Å². The second-order valence-corrected chi connectivity index (χ2v) is 7.80. The van der Waals surface area contributed by atoms with Crippen molar-refractivity contribution in [2.75, 3.05) is 13.1 Å². The Morgan fingerprint density at radius 2 is 2.12 bits per heavy atom. The van der Waals surface area contributed by atoms with Gasteiger partial charge < -0.3 is 14.6 Å². The second-order valence-electron chi connectivity index (χ2n) is 6.39. The van der Waals surface area contributed by atoms with Crippen LogP contribution in [0.25, 0.3) is 0 Å². The van der Waals surface area contributed by atoms with Crippen molar-refractivity contribution in [3.8, 4) is 5.88 Å². The number of amides is 3. The van der Waals surface area contributed by atoms with Gasteiger partial charge in [0.2, 0.25) is 5.88 Å². The third kappa shape index (κ3) is 3.83. The van der Waals surface area contributed by atoms with E-state index in [0.29, 0.717) is 36.8 Å². The Morgan fingerprint density at radius 1 is 1.42 bits per heavy atom. The monoisotopic (exact) mass is 401 g/mol. The Balaban J connectivity index is 1.65. The number of rotatable bonds is 5. The van der Waals surface area contributed by atoms with Crippen molar-refractivity contribution in [3.63, 3.8) is 0 Å². The molecule has 0 aromatic carbocycles. The van der Waals surface area contributed by atoms with E-state index in [1.165, 1.54) is 13.1 Å². The highest BCUT2D eigenvalue weighted by Gasteiger charge is 2.51. The number of hydrogen-bond acceptors (Lipinski definition) is 7. The summed E-state index contributed by atoms with van der Waals surface area (Å²) < 4.78 is 29.4. The number of imide groups is 1. The lowest BCUT2D eigenvalue weighted by Crippen LogP contribution is -2.63. The maximum Gasteiger partial charge on any atom is 0.322 e. The lowest BCUT2D eigenvalue weighted by Gasteiger charge is -2.43. The molecule has 2 fully saturated rings. The van der Waals surface area contributed by atoms with Gasteiger partial charge in [-0.3, -0.25) is 19.2 Å². The van der Waals surface area contributed by atoms with Gasteiger partial charge in [-0.1, -0.05) is 11.6 Å². The van der Waals surface area contributed by atoms with Crippen LogP contribution in [0.2, 0.25) is 5.02 Å². The summed E-state index contributed by atoms with van der Waals surface area (Å²) in [5, 5.41) is 3.87. The van der Waals surface area contributed by atoms with E-state index in [1.807, 2.05) is 0 Å². The van der Waals surface area contributed by atoms with Crippen LogP contribution in [0.15, 0.2) is 18.3 Å². The molecule has 2 saturated heterocycles. The number of piperidine rings is 1. The molecule has 0 radical (unpaired) electrons. The summed E-state index contributed by atoms with van der Waals surface area (Å²) in [6.07, 6.45) is 2.48. The van der Waals surface area contributed by atoms with Gasteiger partial charge in [0.25, 0.3) is 5.91 Å². The number of aromatic nitrogens is 1. The van der Waals surface area contributed by atoms with Crippen LogP contribution in [-0.4, -0.2) is 60.7 Å². The standard InChI is InChI=1S/C15H19ClN4O5S/c1-15(12(21)18-14(22)19-15)13(26(23)24)20-6-4-10(5-7-20)25-11-3-2-9(16)8-17-11/h2-3,8,10,13H,4-7H2,1H3,(H,23,24)(H2,18,19,21,22)/p-1. The largest absolute Gasteiger partial charge is 0.771 e. The first kappa shape index (κ1) is 19.0. The van der Waals surface area contributed by atoms with Crippen LogP contribution in [0.3, 0.4) is 0 Å². The van der Waals surface area contributed by atoms with E-state index in [0.717, 1.165) is 0 Å². The number of ether oxygens (including phenoxy) is 1. The van der Waals surface area contributed by atoms with Gasteiger partial charge in [0.05, 0.1) is 5.02 Å². The zero-order valence-corrected chi connectivity index (χ0v) is 15.5. The molecule has 0 saturated carbocycles. The molecule has 9 nitrogen and oxygen atoms in total. The summed E-state index contributed by atoms with van der Waals surface area (Å²) in [6, 6.07) is 2.65. The maximum atomic E-state index is 12.1. The van der Waals surface area contributed by atoms with Crippen LogP contribution in [0.5, 0.6) is 5.88 Å². The Kier molecular flexibility index (Phi) is 5.47. The molecule has 1 aromatic heterocycles. The first-order valence-corrected chi connectivity index (χ1v) is 9.55. The summed E-state index contributed by atoms with van der Waals surface area (Å²) in [6.45, 7) is 2.21. The summed E-state index contributed by atoms with van der Waals surface area (Å²) >= 11 is 3.20. The molecule has 3 amide bonds. The third-order valence-corrected chi connectivity index (χ3v) is 5.90. The van der Waals surface area contributed by atoms with E-state index in [1.54, 1.807) is 17.0 Å². The fourth-order valence-electron chi connectivity index (χ4n) is 3.24. The van der Waals surface area contributed by atoms with Gasteiger partial charge in [-0.15, -0.1) is 0 Å². The summed E-state index contributed by atoms with van der Waals surface area (Å²) in [5.41, 5.74) is -1.53. The van der Waals surface area contributed by atoms with Gasteiger partial charge in [0, 0.05) is 25.4 Å². The molecule has 142 valence electrons.